The van der Waals surface area contributed by atoms with Crippen LogP contribution in [0.1, 0.15) is 30.7 Å². The van der Waals surface area contributed by atoms with E-state index in [1.807, 2.05) is 53.6 Å². The van der Waals surface area contributed by atoms with Crippen LogP contribution in [-0.2, 0) is 4.79 Å². The maximum absolute atomic E-state index is 11.8. The van der Waals surface area contributed by atoms with Crippen LogP contribution in [-0.4, -0.2) is 55.1 Å². The van der Waals surface area contributed by atoms with Crippen LogP contribution < -0.4 is 5.32 Å². The van der Waals surface area contributed by atoms with Gasteiger partial charge in [0.25, 0.3) is 0 Å². The van der Waals surface area contributed by atoms with E-state index in [1.165, 1.54) is 0 Å². The number of aryl methyl sites for hydroxylation is 2. The van der Waals surface area contributed by atoms with Crippen molar-refractivity contribution in [3.63, 3.8) is 0 Å². The van der Waals surface area contributed by atoms with Crippen molar-refractivity contribution in [2.24, 2.45) is 0 Å². The highest BCUT2D eigenvalue weighted by atomic mass is 16.5. The third-order valence-electron chi connectivity index (χ3n) is 5.76. The van der Waals surface area contributed by atoms with E-state index < -0.39 is 0 Å². The van der Waals surface area contributed by atoms with Gasteiger partial charge in [-0.15, -0.1) is 0 Å². The van der Waals surface area contributed by atoms with Crippen LogP contribution in [0.5, 0.6) is 0 Å². The monoisotopic (exact) mass is 431 g/mol. The second kappa shape index (κ2) is 8.41. The van der Waals surface area contributed by atoms with Gasteiger partial charge in [0.05, 0.1) is 11.3 Å². The van der Waals surface area contributed by atoms with Crippen molar-refractivity contribution in [1.29, 1.82) is 0 Å². The third kappa shape index (κ3) is 3.70. The van der Waals surface area contributed by atoms with Crippen molar-refractivity contribution < 1.29 is 9.32 Å². The summed E-state index contributed by atoms with van der Waals surface area (Å²) >= 11 is 0. The molecule has 4 heterocycles. The van der Waals surface area contributed by atoms with E-state index in [4.69, 9.17) is 14.5 Å². The number of hydrogen-bond acceptors (Lipinski definition) is 7. The predicted molar refractivity (Wildman–Crippen MR) is 121 cm³/mol. The first-order valence-electron chi connectivity index (χ1n) is 10.9. The molecule has 0 radical (unpaired) electrons. The SMILES string of the molecule is Cc1noc(C)c1-c1nc(NCCCN2CCCC2=O)c2ncn(-c3ccccc3)c2n1. The lowest BCUT2D eigenvalue weighted by atomic mass is 10.2. The molecule has 1 fully saturated rings. The summed E-state index contributed by atoms with van der Waals surface area (Å²) in [5, 5.41) is 7.48. The number of amides is 1. The highest BCUT2D eigenvalue weighted by Gasteiger charge is 2.21. The molecule has 0 aliphatic carbocycles. The first kappa shape index (κ1) is 20.2. The molecule has 0 unspecified atom stereocenters. The molecule has 4 aromatic rings. The van der Waals surface area contributed by atoms with Gasteiger partial charge in [-0.2, -0.15) is 0 Å². The van der Waals surface area contributed by atoms with Crippen LogP contribution in [0.2, 0.25) is 0 Å². The first-order valence-corrected chi connectivity index (χ1v) is 10.9. The van der Waals surface area contributed by atoms with Crippen molar-refractivity contribution >= 4 is 22.9 Å². The minimum atomic E-state index is 0.247. The second-order valence-corrected chi connectivity index (χ2v) is 7.98. The Morgan fingerprint density at radius 1 is 1.16 bits per heavy atom. The summed E-state index contributed by atoms with van der Waals surface area (Å²) in [4.78, 5) is 28.0. The molecule has 0 atom stereocenters. The third-order valence-corrected chi connectivity index (χ3v) is 5.76. The van der Waals surface area contributed by atoms with Crippen LogP contribution in [0.25, 0.3) is 28.2 Å². The van der Waals surface area contributed by atoms with Crippen molar-refractivity contribution in [2.45, 2.75) is 33.1 Å². The predicted octanol–water partition coefficient (Wildman–Crippen LogP) is 3.51. The molecule has 3 aromatic heterocycles. The summed E-state index contributed by atoms with van der Waals surface area (Å²) in [6.07, 6.45) is 4.21. The fraction of sp³-hybridized carbons (Fsp3) is 0.348. The number of nitrogens with one attached hydrogen (secondary N) is 1. The van der Waals surface area contributed by atoms with E-state index in [9.17, 15) is 4.79 Å². The van der Waals surface area contributed by atoms with Crippen LogP contribution in [0, 0.1) is 13.8 Å². The zero-order valence-corrected chi connectivity index (χ0v) is 18.2. The lowest BCUT2D eigenvalue weighted by Gasteiger charge is -2.15. The maximum atomic E-state index is 11.8. The van der Waals surface area contributed by atoms with Gasteiger partial charge in [-0.05, 0) is 38.8 Å². The lowest BCUT2D eigenvalue weighted by Crippen LogP contribution is -2.27. The number of hydrogen-bond donors (Lipinski definition) is 1. The fourth-order valence-corrected chi connectivity index (χ4v) is 4.13. The normalized spacial score (nSPS) is 13.9. The molecular formula is C23H25N7O2. The molecule has 1 N–H and O–H groups in total. The Kier molecular flexibility index (Phi) is 5.30. The number of benzene rings is 1. The van der Waals surface area contributed by atoms with Gasteiger partial charge in [0.15, 0.2) is 22.8 Å². The molecule has 0 spiro atoms. The second-order valence-electron chi connectivity index (χ2n) is 7.98. The number of fused-ring (bicyclic) bond motifs is 1. The molecule has 164 valence electrons. The van der Waals surface area contributed by atoms with Crippen molar-refractivity contribution in [1.82, 2.24) is 29.6 Å². The highest BCUT2D eigenvalue weighted by Crippen LogP contribution is 2.29. The number of likely N-dealkylation sites (tertiary alicyclic amines) is 1. The van der Waals surface area contributed by atoms with Crippen LogP contribution in [0.4, 0.5) is 5.82 Å². The van der Waals surface area contributed by atoms with Gasteiger partial charge in [-0.3, -0.25) is 9.36 Å². The smallest absolute Gasteiger partial charge is 0.222 e. The van der Waals surface area contributed by atoms with E-state index in [1.54, 1.807) is 6.33 Å². The number of nitrogens with zero attached hydrogens (tertiary/aromatic N) is 6. The number of para-hydroxylation sites is 1. The number of aromatic nitrogens is 5. The molecule has 9 heteroatoms. The van der Waals surface area contributed by atoms with Crippen LogP contribution >= 0.6 is 0 Å². The Bertz CT molecular complexity index is 1240. The summed E-state index contributed by atoms with van der Waals surface area (Å²) in [5.74, 6) is 2.12. The van der Waals surface area contributed by atoms with E-state index in [0.717, 1.165) is 42.9 Å². The quantitative estimate of drug-likeness (QED) is 0.447. The Morgan fingerprint density at radius 3 is 2.72 bits per heavy atom. The Hall–Kier alpha value is -3.75. The van der Waals surface area contributed by atoms with Gasteiger partial charge >= 0.3 is 0 Å². The molecular weight excluding hydrogens is 406 g/mol. The lowest BCUT2D eigenvalue weighted by molar-refractivity contribution is -0.127. The minimum Gasteiger partial charge on any atom is -0.368 e. The van der Waals surface area contributed by atoms with Gasteiger partial charge in [-0.1, -0.05) is 23.4 Å². The first-order chi connectivity index (χ1) is 15.6. The number of imidazole rings is 1. The summed E-state index contributed by atoms with van der Waals surface area (Å²) in [5.41, 5.74) is 3.90. The molecule has 1 aliphatic rings. The van der Waals surface area contributed by atoms with Crippen molar-refractivity contribution in [3.8, 4) is 17.1 Å². The molecule has 0 bridgehead atoms. The molecule has 1 amide bonds. The minimum absolute atomic E-state index is 0.247. The molecule has 1 saturated heterocycles. The van der Waals surface area contributed by atoms with Crippen LogP contribution in [0.15, 0.2) is 41.2 Å². The Balaban J connectivity index is 1.49. The zero-order valence-electron chi connectivity index (χ0n) is 18.2. The standard InChI is InChI=1S/C23H25N7O2/c1-15-19(16(2)32-28-15)21-26-22(24-11-7-13-29-12-6-10-18(29)31)20-23(27-21)30(14-25-20)17-8-4-3-5-9-17/h3-5,8-9,14H,6-7,10-13H2,1-2H3,(H,24,26,27). The number of carbonyl (C=O) groups excluding carboxylic acids is 1. The van der Waals surface area contributed by atoms with E-state index in [0.29, 0.717) is 41.5 Å². The highest BCUT2D eigenvalue weighted by molar-refractivity contribution is 5.86. The molecule has 9 nitrogen and oxygen atoms in total. The number of rotatable bonds is 7. The van der Waals surface area contributed by atoms with Crippen LogP contribution in [0.3, 0.4) is 0 Å². The van der Waals surface area contributed by atoms with Gasteiger partial charge in [-0.25, -0.2) is 15.0 Å². The van der Waals surface area contributed by atoms with Gasteiger partial charge in [0.2, 0.25) is 5.91 Å². The summed E-state index contributed by atoms with van der Waals surface area (Å²) in [6, 6.07) is 9.97. The average molecular weight is 432 g/mol. The van der Waals surface area contributed by atoms with Gasteiger partial charge < -0.3 is 14.7 Å². The summed E-state index contributed by atoms with van der Waals surface area (Å²) in [7, 11) is 0. The Labute approximate surface area is 185 Å². The van der Waals surface area contributed by atoms with Crippen molar-refractivity contribution in [2.75, 3.05) is 25.0 Å². The van der Waals surface area contributed by atoms with E-state index in [-0.39, 0.29) is 5.91 Å². The number of carbonyl (C=O) groups is 1. The molecule has 1 aliphatic heterocycles. The topological polar surface area (TPSA) is 102 Å². The average Bonchev–Trinajstić information content (AvgIpc) is 3.50. The zero-order chi connectivity index (χ0) is 22.1. The summed E-state index contributed by atoms with van der Waals surface area (Å²) < 4.78 is 7.30. The fourth-order valence-electron chi connectivity index (χ4n) is 4.13. The number of anilines is 1. The molecule has 5 rings (SSSR count). The van der Waals surface area contributed by atoms with E-state index >= 15 is 0 Å². The largest absolute Gasteiger partial charge is 0.368 e. The summed E-state index contributed by atoms with van der Waals surface area (Å²) in [6.45, 7) is 6.02. The molecule has 0 saturated carbocycles. The van der Waals surface area contributed by atoms with E-state index in [2.05, 4.69) is 15.5 Å². The maximum Gasteiger partial charge on any atom is 0.222 e. The van der Waals surface area contributed by atoms with Gasteiger partial charge in [0.1, 0.15) is 12.1 Å². The molecule has 32 heavy (non-hydrogen) atoms. The van der Waals surface area contributed by atoms with Gasteiger partial charge in [0, 0.05) is 31.7 Å². The Morgan fingerprint density at radius 2 is 2.00 bits per heavy atom. The van der Waals surface area contributed by atoms with Crippen molar-refractivity contribution in [3.05, 3.63) is 48.1 Å². The molecule has 1 aromatic carbocycles.